The second-order valence-corrected chi connectivity index (χ2v) is 5.51. The quantitative estimate of drug-likeness (QED) is 0.903. The van der Waals surface area contributed by atoms with E-state index in [0.29, 0.717) is 10.1 Å². The van der Waals surface area contributed by atoms with Crippen LogP contribution in [-0.4, -0.2) is 11.1 Å². The van der Waals surface area contributed by atoms with Crippen LogP contribution in [0.3, 0.4) is 0 Å². The van der Waals surface area contributed by atoms with Gasteiger partial charge >= 0.3 is 12.1 Å². The van der Waals surface area contributed by atoms with Crippen LogP contribution in [0.5, 0.6) is 0 Å². The van der Waals surface area contributed by atoms with Crippen LogP contribution in [0.4, 0.5) is 13.2 Å². The van der Waals surface area contributed by atoms with Crippen molar-refractivity contribution in [2.24, 2.45) is 0 Å². The van der Waals surface area contributed by atoms with Gasteiger partial charge in [0.25, 0.3) is 0 Å². The average Bonchev–Trinajstić information content (AvgIpc) is 2.69. The molecule has 0 aliphatic rings. The van der Waals surface area contributed by atoms with Crippen LogP contribution in [0.1, 0.15) is 29.7 Å². The largest absolute Gasteiger partial charge is 0.481 e. The van der Waals surface area contributed by atoms with Gasteiger partial charge in [0.1, 0.15) is 0 Å². The number of hydrogen-bond acceptors (Lipinski definition) is 2. The third kappa shape index (κ3) is 3.07. The number of halogens is 3. The van der Waals surface area contributed by atoms with Gasteiger partial charge in [-0.05, 0) is 23.6 Å². The predicted octanol–water partition coefficient (Wildman–Crippen LogP) is 4.50. The fraction of sp³-hybridized carbons (Fsp3) is 0.308. The molecule has 1 N–H and O–H groups in total. The molecule has 0 fully saturated rings. The standard InChI is InChI=1S/C13H11F3O2S/c1-7(4-12(17)18)10-5-8-2-3-9(13(14,15)16)6-11(8)19-10/h2-3,5-7H,4H2,1H3,(H,17,18). The number of carboxylic acids is 1. The summed E-state index contributed by atoms with van der Waals surface area (Å²) in [6.45, 7) is 1.75. The number of carbonyl (C=O) groups is 1. The van der Waals surface area contributed by atoms with Crippen molar-refractivity contribution in [3.05, 3.63) is 34.7 Å². The molecule has 1 atom stereocenters. The molecule has 0 spiro atoms. The number of hydrogen-bond donors (Lipinski definition) is 1. The summed E-state index contributed by atoms with van der Waals surface area (Å²) in [5.74, 6) is -1.12. The predicted molar refractivity (Wildman–Crippen MR) is 67.5 cm³/mol. The highest BCUT2D eigenvalue weighted by molar-refractivity contribution is 7.19. The van der Waals surface area contributed by atoms with E-state index in [9.17, 15) is 18.0 Å². The second-order valence-electron chi connectivity index (χ2n) is 4.40. The maximum atomic E-state index is 12.6. The SMILES string of the molecule is CC(CC(=O)O)c1cc2ccc(C(F)(F)F)cc2s1. The zero-order chi connectivity index (χ0) is 14.2. The zero-order valence-electron chi connectivity index (χ0n) is 9.99. The maximum absolute atomic E-state index is 12.6. The molecule has 1 aromatic carbocycles. The molecule has 19 heavy (non-hydrogen) atoms. The summed E-state index contributed by atoms with van der Waals surface area (Å²) in [4.78, 5) is 11.4. The van der Waals surface area contributed by atoms with Gasteiger partial charge in [0.05, 0.1) is 12.0 Å². The molecule has 1 unspecified atom stereocenters. The Morgan fingerprint density at radius 3 is 2.63 bits per heavy atom. The van der Waals surface area contributed by atoms with Gasteiger partial charge in [-0.3, -0.25) is 4.79 Å². The van der Waals surface area contributed by atoms with Crippen molar-refractivity contribution in [3.8, 4) is 0 Å². The van der Waals surface area contributed by atoms with E-state index in [4.69, 9.17) is 5.11 Å². The van der Waals surface area contributed by atoms with Crippen molar-refractivity contribution >= 4 is 27.4 Å². The van der Waals surface area contributed by atoms with Crippen LogP contribution < -0.4 is 0 Å². The van der Waals surface area contributed by atoms with Gasteiger partial charge in [0, 0.05) is 15.5 Å². The second kappa shape index (κ2) is 4.85. The van der Waals surface area contributed by atoms with Gasteiger partial charge in [0.15, 0.2) is 0 Å². The molecule has 2 aromatic rings. The summed E-state index contributed by atoms with van der Waals surface area (Å²) in [6.07, 6.45) is -4.38. The molecule has 0 aliphatic heterocycles. The Kier molecular flexibility index (Phi) is 3.54. The number of rotatable bonds is 3. The van der Waals surface area contributed by atoms with E-state index < -0.39 is 17.7 Å². The fourth-order valence-corrected chi connectivity index (χ4v) is 2.99. The minimum absolute atomic E-state index is 0.0288. The first-order valence-corrected chi connectivity index (χ1v) is 6.41. The molecule has 0 radical (unpaired) electrons. The first-order chi connectivity index (χ1) is 8.77. The summed E-state index contributed by atoms with van der Waals surface area (Å²) in [5.41, 5.74) is -0.681. The van der Waals surface area contributed by atoms with Crippen molar-refractivity contribution < 1.29 is 23.1 Å². The molecule has 0 bridgehead atoms. The van der Waals surface area contributed by atoms with Crippen LogP contribution in [0.15, 0.2) is 24.3 Å². The minimum atomic E-state index is -4.36. The lowest BCUT2D eigenvalue weighted by molar-refractivity contribution is -0.138. The molecule has 102 valence electrons. The van der Waals surface area contributed by atoms with Crippen molar-refractivity contribution in [2.45, 2.75) is 25.4 Å². The number of aliphatic carboxylic acids is 1. The van der Waals surface area contributed by atoms with Gasteiger partial charge < -0.3 is 5.11 Å². The summed E-state index contributed by atoms with van der Waals surface area (Å²) in [6, 6.07) is 5.33. The number of alkyl halides is 3. The summed E-state index contributed by atoms with van der Waals surface area (Å²) in [5, 5.41) is 9.44. The minimum Gasteiger partial charge on any atom is -0.481 e. The topological polar surface area (TPSA) is 37.3 Å². The van der Waals surface area contributed by atoms with E-state index >= 15 is 0 Å². The first kappa shape index (κ1) is 13.9. The molecule has 0 amide bonds. The molecular weight excluding hydrogens is 277 g/mol. The molecular formula is C13H11F3O2S. The van der Waals surface area contributed by atoms with Crippen molar-refractivity contribution in [2.75, 3.05) is 0 Å². The van der Waals surface area contributed by atoms with Crippen LogP contribution in [-0.2, 0) is 11.0 Å². The Bertz CT molecular complexity index is 616. The molecule has 1 heterocycles. The van der Waals surface area contributed by atoms with Gasteiger partial charge in [-0.15, -0.1) is 11.3 Å². The van der Waals surface area contributed by atoms with Crippen molar-refractivity contribution in [1.29, 1.82) is 0 Å². The number of carboxylic acid groups (broad SMARTS) is 1. The Balaban J connectivity index is 2.38. The van der Waals surface area contributed by atoms with Crippen molar-refractivity contribution in [1.82, 2.24) is 0 Å². The Hall–Kier alpha value is -1.56. The van der Waals surface area contributed by atoms with Crippen LogP contribution in [0.2, 0.25) is 0 Å². The molecule has 0 aliphatic carbocycles. The van der Waals surface area contributed by atoms with Gasteiger partial charge in [0.2, 0.25) is 0 Å². The van der Waals surface area contributed by atoms with Crippen LogP contribution in [0, 0.1) is 0 Å². The summed E-state index contributed by atoms with van der Waals surface area (Å²) >= 11 is 1.21. The van der Waals surface area contributed by atoms with E-state index in [1.165, 1.54) is 17.4 Å². The van der Waals surface area contributed by atoms with Crippen molar-refractivity contribution in [3.63, 3.8) is 0 Å². The van der Waals surface area contributed by atoms with E-state index in [0.717, 1.165) is 17.0 Å². The Morgan fingerprint density at radius 1 is 1.37 bits per heavy atom. The molecule has 0 saturated heterocycles. The lowest BCUT2D eigenvalue weighted by Gasteiger charge is -2.05. The Morgan fingerprint density at radius 2 is 2.05 bits per heavy atom. The van der Waals surface area contributed by atoms with Gasteiger partial charge in [-0.2, -0.15) is 13.2 Å². The summed E-state index contributed by atoms with van der Waals surface area (Å²) < 4.78 is 38.3. The third-order valence-corrected chi connectivity index (χ3v) is 4.16. The zero-order valence-corrected chi connectivity index (χ0v) is 10.8. The van der Waals surface area contributed by atoms with E-state index in [1.807, 2.05) is 0 Å². The normalized spacial score (nSPS) is 13.7. The van der Waals surface area contributed by atoms with E-state index in [-0.39, 0.29) is 12.3 Å². The molecule has 1 aromatic heterocycles. The number of fused-ring (bicyclic) bond motifs is 1. The maximum Gasteiger partial charge on any atom is 0.416 e. The Labute approximate surface area is 111 Å². The highest BCUT2D eigenvalue weighted by Gasteiger charge is 2.30. The average molecular weight is 288 g/mol. The van der Waals surface area contributed by atoms with Crippen LogP contribution in [0.25, 0.3) is 10.1 Å². The van der Waals surface area contributed by atoms with Crippen LogP contribution >= 0.6 is 11.3 Å². The smallest absolute Gasteiger partial charge is 0.416 e. The molecule has 6 heteroatoms. The third-order valence-electron chi connectivity index (χ3n) is 2.83. The van der Waals surface area contributed by atoms with E-state index in [2.05, 4.69) is 0 Å². The fourth-order valence-electron chi connectivity index (χ4n) is 1.83. The first-order valence-electron chi connectivity index (χ1n) is 5.60. The lowest BCUT2D eigenvalue weighted by Crippen LogP contribution is -2.03. The number of benzene rings is 1. The van der Waals surface area contributed by atoms with Gasteiger partial charge in [-0.1, -0.05) is 13.0 Å². The highest BCUT2D eigenvalue weighted by atomic mass is 32.1. The molecule has 0 saturated carbocycles. The monoisotopic (exact) mass is 288 g/mol. The molecule has 2 rings (SSSR count). The number of thiophene rings is 1. The molecule has 2 nitrogen and oxygen atoms in total. The lowest BCUT2D eigenvalue weighted by atomic mass is 10.1. The highest BCUT2D eigenvalue weighted by Crippen LogP contribution is 2.36. The van der Waals surface area contributed by atoms with E-state index in [1.54, 1.807) is 13.0 Å². The summed E-state index contributed by atoms with van der Waals surface area (Å²) in [7, 11) is 0. The van der Waals surface area contributed by atoms with Gasteiger partial charge in [-0.25, -0.2) is 0 Å².